The summed E-state index contributed by atoms with van der Waals surface area (Å²) in [5.74, 6) is -0.415. The van der Waals surface area contributed by atoms with Crippen LogP contribution >= 0.6 is 0 Å². The molecule has 1 amide bonds. The smallest absolute Gasteiger partial charge is 0.331 e. The number of alkyl halides is 3. The number of rotatable bonds is 4. The third kappa shape index (κ3) is 5.25. The van der Waals surface area contributed by atoms with Gasteiger partial charge in [-0.25, -0.2) is 0 Å². The molecule has 0 saturated carbocycles. The molecule has 0 spiro atoms. The molecule has 1 atom stereocenters. The molecule has 0 bridgehead atoms. The number of amides is 1. The molecule has 1 aliphatic rings. The molecule has 1 fully saturated rings. The van der Waals surface area contributed by atoms with Gasteiger partial charge in [-0.2, -0.15) is 13.2 Å². The summed E-state index contributed by atoms with van der Waals surface area (Å²) >= 11 is 0. The van der Waals surface area contributed by atoms with Crippen LogP contribution in [0.25, 0.3) is 0 Å². The lowest BCUT2D eigenvalue weighted by Crippen LogP contribution is -2.46. The minimum atomic E-state index is -4.33. The van der Waals surface area contributed by atoms with Crippen LogP contribution in [0.1, 0.15) is 39.5 Å². The van der Waals surface area contributed by atoms with Gasteiger partial charge in [0, 0.05) is 18.5 Å². The van der Waals surface area contributed by atoms with E-state index < -0.39 is 24.7 Å². The summed E-state index contributed by atoms with van der Waals surface area (Å²) in [6.45, 7) is 2.91. The molecule has 18 heavy (non-hydrogen) atoms. The Morgan fingerprint density at radius 3 is 2.50 bits per heavy atom. The second kappa shape index (κ2) is 6.41. The third-order valence-corrected chi connectivity index (χ3v) is 3.13. The Morgan fingerprint density at radius 2 is 2.06 bits per heavy atom. The summed E-state index contributed by atoms with van der Waals surface area (Å²) < 4.78 is 37.2. The molecule has 3 nitrogen and oxygen atoms in total. The van der Waals surface area contributed by atoms with Crippen LogP contribution in [0.4, 0.5) is 13.2 Å². The van der Waals surface area contributed by atoms with Crippen molar-refractivity contribution >= 4 is 5.91 Å². The van der Waals surface area contributed by atoms with Crippen molar-refractivity contribution in [2.45, 2.75) is 57.8 Å². The van der Waals surface area contributed by atoms with E-state index in [1.165, 1.54) is 0 Å². The molecule has 0 aromatic heterocycles. The van der Waals surface area contributed by atoms with E-state index in [1.807, 2.05) is 0 Å². The molecular weight excluding hydrogens is 245 g/mol. The molecule has 1 heterocycles. The van der Waals surface area contributed by atoms with Crippen LogP contribution in [0, 0.1) is 0 Å². The Morgan fingerprint density at radius 1 is 1.39 bits per heavy atom. The van der Waals surface area contributed by atoms with Crippen LogP contribution in [-0.4, -0.2) is 42.2 Å². The molecule has 1 saturated heterocycles. The SMILES string of the molecule is CC(C)N(CC(F)(F)F)C(=O)CC1CCCCN1. The van der Waals surface area contributed by atoms with E-state index in [9.17, 15) is 18.0 Å². The van der Waals surface area contributed by atoms with Gasteiger partial charge in [0.2, 0.25) is 5.91 Å². The van der Waals surface area contributed by atoms with Gasteiger partial charge in [-0.1, -0.05) is 6.42 Å². The van der Waals surface area contributed by atoms with Crippen LogP contribution in [0.3, 0.4) is 0 Å². The number of hydrogen-bond acceptors (Lipinski definition) is 2. The van der Waals surface area contributed by atoms with Crippen LogP contribution in [0.5, 0.6) is 0 Å². The van der Waals surface area contributed by atoms with E-state index in [0.29, 0.717) is 0 Å². The minimum absolute atomic E-state index is 0.0285. The number of hydrogen-bond donors (Lipinski definition) is 1. The number of carbonyl (C=O) groups excluding carboxylic acids is 1. The maximum absolute atomic E-state index is 12.4. The minimum Gasteiger partial charge on any atom is -0.331 e. The molecule has 1 aliphatic heterocycles. The fraction of sp³-hybridized carbons (Fsp3) is 0.917. The van der Waals surface area contributed by atoms with Crippen molar-refractivity contribution in [2.75, 3.05) is 13.1 Å². The molecule has 1 N–H and O–H groups in total. The molecule has 1 rings (SSSR count). The largest absolute Gasteiger partial charge is 0.406 e. The molecule has 106 valence electrons. The van der Waals surface area contributed by atoms with Gasteiger partial charge in [0.15, 0.2) is 0 Å². The van der Waals surface area contributed by atoms with E-state index >= 15 is 0 Å². The van der Waals surface area contributed by atoms with Gasteiger partial charge in [0.1, 0.15) is 6.54 Å². The molecular formula is C12H21F3N2O. The first-order valence-electron chi connectivity index (χ1n) is 6.39. The van der Waals surface area contributed by atoms with Crippen LogP contribution in [0.15, 0.2) is 0 Å². The monoisotopic (exact) mass is 266 g/mol. The van der Waals surface area contributed by atoms with E-state index in [0.717, 1.165) is 30.7 Å². The Labute approximate surface area is 106 Å². The standard InChI is InChI=1S/C12H21F3N2O/c1-9(2)17(8-12(13,14)15)11(18)7-10-5-3-4-6-16-10/h9-10,16H,3-8H2,1-2H3. The van der Waals surface area contributed by atoms with Crippen molar-refractivity contribution in [3.8, 4) is 0 Å². The predicted octanol–water partition coefficient (Wildman–Crippen LogP) is 2.32. The zero-order valence-corrected chi connectivity index (χ0v) is 10.9. The number of halogens is 3. The van der Waals surface area contributed by atoms with Gasteiger partial charge in [-0.15, -0.1) is 0 Å². The first-order valence-corrected chi connectivity index (χ1v) is 6.39. The lowest BCUT2D eigenvalue weighted by molar-refractivity contribution is -0.165. The Balaban J connectivity index is 2.53. The van der Waals surface area contributed by atoms with Crippen LogP contribution < -0.4 is 5.32 Å². The van der Waals surface area contributed by atoms with Gasteiger partial charge < -0.3 is 10.2 Å². The molecule has 0 aliphatic carbocycles. The number of nitrogens with zero attached hydrogens (tertiary/aromatic N) is 1. The lowest BCUT2D eigenvalue weighted by Gasteiger charge is -2.30. The zero-order chi connectivity index (χ0) is 13.8. The highest BCUT2D eigenvalue weighted by atomic mass is 19.4. The highest BCUT2D eigenvalue weighted by molar-refractivity contribution is 5.77. The second-order valence-corrected chi connectivity index (χ2v) is 5.08. The first kappa shape index (κ1) is 15.3. The van der Waals surface area contributed by atoms with Gasteiger partial charge in [-0.3, -0.25) is 4.79 Å². The zero-order valence-electron chi connectivity index (χ0n) is 10.9. The molecule has 0 aromatic rings. The number of carbonyl (C=O) groups is 1. The first-order chi connectivity index (χ1) is 8.29. The molecule has 1 unspecified atom stereocenters. The predicted molar refractivity (Wildman–Crippen MR) is 63.2 cm³/mol. The molecule has 0 radical (unpaired) electrons. The molecule has 6 heteroatoms. The van der Waals surface area contributed by atoms with Crippen molar-refractivity contribution in [1.82, 2.24) is 10.2 Å². The van der Waals surface area contributed by atoms with Crippen LogP contribution in [0.2, 0.25) is 0 Å². The summed E-state index contributed by atoms with van der Waals surface area (Å²) in [6.07, 6.45) is -1.20. The van der Waals surface area contributed by atoms with Gasteiger partial charge in [0.25, 0.3) is 0 Å². The highest BCUT2D eigenvalue weighted by Crippen LogP contribution is 2.20. The van der Waals surface area contributed by atoms with Crippen molar-refractivity contribution in [1.29, 1.82) is 0 Å². The van der Waals surface area contributed by atoms with Crippen LogP contribution in [-0.2, 0) is 4.79 Å². The lowest BCUT2D eigenvalue weighted by atomic mass is 10.0. The third-order valence-electron chi connectivity index (χ3n) is 3.13. The highest BCUT2D eigenvalue weighted by Gasteiger charge is 2.34. The summed E-state index contributed by atoms with van der Waals surface area (Å²) in [6, 6.07) is -0.400. The topological polar surface area (TPSA) is 32.3 Å². The Hall–Kier alpha value is -0.780. The summed E-state index contributed by atoms with van der Waals surface area (Å²) in [7, 11) is 0. The van der Waals surface area contributed by atoms with Crippen molar-refractivity contribution in [3.63, 3.8) is 0 Å². The quantitative estimate of drug-likeness (QED) is 0.847. The fourth-order valence-corrected chi connectivity index (χ4v) is 2.18. The number of piperidine rings is 1. The average Bonchev–Trinajstić information content (AvgIpc) is 2.25. The van der Waals surface area contributed by atoms with Gasteiger partial charge in [-0.05, 0) is 33.2 Å². The second-order valence-electron chi connectivity index (χ2n) is 5.08. The Bertz CT molecular complexity index is 273. The van der Waals surface area contributed by atoms with Crippen molar-refractivity contribution in [3.05, 3.63) is 0 Å². The van der Waals surface area contributed by atoms with Crippen molar-refractivity contribution in [2.24, 2.45) is 0 Å². The van der Waals surface area contributed by atoms with Gasteiger partial charge >= 0.3 is 6.18 Å². The van der Waals surface area contributed by atoms with E-state index in [4.69, 9.17) is 0 Å². The Kier molecular flexibility index (Phi) is 5.44. The molecule has 0 aromatic carbocycles. The number of nitrogens with one attached hydrogen (secondary N) is 1. The summed E-state index contributed by atoms with van der Waals surface area (Å²) in [4.78, 5) is 12.8. The maximum Gasteiger partial charge on any atom is 0.406 e. The van der Waals surface area contributed by atoms with Crippen molar-refractivity contribution < 1.29 is 18.0 Å². The van der Waals surface area contributed by atoms with E-state index in [2.05, 4.69) is 5.32 Å². The summed E-state index contributed by atoms with van der Waals surface area (Å²) in [5.41, 5.74) is 0. The normalized spacial score (nSPS) is 21.1. The van der Waals surface area contributed by atoms with E-state index in [1.54, 1.807) is 13.8 Å². The average molecular weight is 266 g/mol. The summed E-state index contributed by atoms with van der Waals surface area (Å²) in [5, 5.41) is 3.18. The fourth-order valence-electron chi connectivity index (χ4n) is 2.18. The van der Waals surface area contributed by atoms with Gasteiger partial charge in [0.05, 0.1) is 0 Å². The van der Waals surface area contributed by atoms with E-state index in [-0.39, 0.29) is 12.5 Å². The maximum atomic E-state index is 12.4.